The summed E-state index contributed by atoms with van der Waals surface area (Å²) < 4.78 is 6.22. The lowest BCUT2D eigenvalue weighted by Gasteiger charge is -2.33. The van der Waals surface area contributed by atoms with Gasteiger partial charge in [0.2, 0.25) is 0 Å². The minimum atomic E-state index is -0.0111. The van der Waals surface area contributed by atoms with Crippen LogP contribution in [-0.2, 0) is 9.53 Å². The molecule has 0 amide bonds. The predicted octanol–water partition coefficient (Wildman–Crippen LogP) is 10.5. The Morgan fingerprint density at radius 2 is 0.622 bits per heavy atom. The molecule has 0 aliphatic carbocycles. The lowest BCUT2D eigenvalue weighted by Crippen LogP contribution is -3.00. The first-order chi connectivity index (χ1) is 21.6. The van der Waals surface area contributed by atoms with E-state index in [4.69, 9.17) is 4.74 Å². The molecule has 0 radical (unpaired) electrons. The van der Waals surface area contributed by atoms with E-state index < -0.39 is 0 Å². The molecule has 0 heterocycles. The lowest BCUT2D eigenvalue weighted by molar-refractivity contribution is -0.903. The molecule has 0 atom stereocenters. The maximum Gasteiger partial charge on any atom is 0.361 e. The van der Waals surface area contributed by atoms with E-state index in [1.165, 1.54) is 205 Å². The minimum absolute atomic E-state index is 0. The minimum Gasteiger partial charge on any atom is -1.00 e. The monoisotopic (exact) mass is 658 g/mol. The van der Waals surface area contributed by atoms with E-state index in [1.54, 1.807) is 0 Å². The fourth-order valence-electron chi connectivity index (χ4n) is 6.87. The van der Waals surface area contributed by atoms with Crippen LogP contribution >= 0.6 is 0 Å². The van der Waals surface area contributed by atoms with Gasteiger partial charge in [0.1, 0.15) is 0 Å². The molecule has 0 aromatic heterocycles. The van der Waals surface area contributed by atoms with Crippen LogP contribution in [0.25, 0.3) is 0 Å². The van der Waals surface area contributed by atoms with E-state index >= 15 is 0 Å². The molecule has 0 unspecified atom stereocenters. The summed E-state index contributed by atoms with van der Waals surface area (Å²) in [5, 5.41) is 0. The molecule has 0 bridgehead atoms. The first kappa shape index (κ1) is 46.8. The van der Waals surface area contributed by atoms with Crippen molar-refractivity contribution in [2.45, 2.75) is 226 Å². The van der Waals surface area contributed by atoms with Gasteiger partial charge in [-0.05, 0) is 32.6 Å². The zero-order chi connectivity index (χ0) is 32.2. The molecule has 0 aliphatic rings. The number of carbonyl (C=O) groups excluding carboxylic acids is 1. The largest absolute Gasteiger partial charge is 1.00 e. The lowest BCUT2D eigenvalue weighted by atomic mass is 10.0. The summed E-state index contributed by atoms with van der Waals surface area (Å²) in [6.45, 7) is 9.81. The molecule has 0 saturated carbocycles. The Balaban J connectivity index is 0. The van der Waals surface area contributed by atoms with Crippen molar-refractivity contribution in [2.24, 2.45) is 0 Å². The van der Waals surface area contributed by atoms with E-state index in [0.717, 1.165) is 17.6 Å². The summed E-state index contributed by atoms with van der Waals surface area (Å²) in [6.07, 6.45) is 45.0. The normalized spacial score (nSPS) is 11.6. The third-order valence-electron chi connectivity index (χ3n) is 9.92. The molecular formula is C41H84ClNO2. The van der Waals surface area contributed by atoms with Gasteiger partial charge in [-0.3, -0.25) is 0 Å². The Morgan fingerprint density at radius 3 is 0.844 bits per heavy atom. The van der Waals surface area contributed by atoms with Gasteiger partial charge in [0.25, 0.3) is 0 Å². The van der Waals surface area contributed by atoms with Crippen molar-refractivity contribution < 1.29 is 26.4 Å². The first-order valence-corrected chi connectivity index (χ1v) is 20.6. The van der Waals surface area contributed by atoms with Crippen molar-refractivity contribution in [3.8, 4) is 0 Å². The molecular weight excluding hydrogens is 574 g/mol. The molecule has 0 spiro atoms. The quantitative estimate of drug-likeness (QED) is 0.0377. The number of hydrogen-bond donors (Lipinski definition) is 0. The van der Waals surface area contributed by atoms with Crippen molar-refractivity contribution in [2.75, 3.05) is 33.3 Å². The van der Waals surface area contributed by atoms with Gasteiger partial charge < -0.3 is 21.6 Å². The van der Waals surface area contributed by atoms with Gasteiger partial charge in [-0.2, -0.15) is 0 Å². The maximum atomic E-state index is 12.4. The van der Waals surface area contributed by atoms with Crippen LogP contribution in [0.2, 0.25) is 0 Å². The second-order valence-corrected chi connectivity index (χ2v) is 14.6. The second kappa shape index (κ2) is 38.2. The Labute approximate surface area is 291 Å². The fourth-order valence-corrected chi connectivity index (χ4v) is 6.87. The standard InChI is InChI=1S/C41H84NO2.ClH/c1-5-8-10-12-14-16-18-20-22-24-26-28-30-32-34-36-38-42(4,40-41(43)44-7-3)39-37-35-33-31-29-27-25-23-21-19-17-15-13-11-9-6-2;/h5-40H2,1-4H3;1H/q+1;/p-1. The van der Waals surface area contributed by atoms with Gasteiger partial charge in [0.15, 0.2) is 6.54 Å². The third kappa shape index (κ3) is 36.4. The van der Waals surface area contributed by atoms with Crippen molar-refractivity contribution in [3.05, 3.63) is 0 Å². The SMILES string of the molecule is CCCCCCCCCCCCCCCCCC[N+](C)(CCCCCCCCCCCCCCCCCC)CC(=O)OCC.[Cl-]. The van der Waals surface area contributed by atoms with Crippen molar-refractivity contribution in [1.29, 1.82) is 0 Å². The Morgan fingerprint density at radius 1 is 0.400 bits per heavy atom. The Kier molecular flexibility index (Phi) is 39.7. The summed E-state index contributed by atoms with van der Waals surface area (Å²) in [4.78, 5) is 12.4. The van der Waals surface area contributed by atoms with Gasteiger partial charge in [-0.1, -0.05) is 194 Å². The highest BCUT2D eigenvalue weighted by atomic mass is 35.5. The second-order valence-electron chi connectivity index (χ2n) is 14.6. The molecule has 0 N–H and O–H groups in total. The number of likely N-dealkylation sites (N-methyl/N-ethyl adjacent to an activating group) is 1. The topological polar surface area (TPSA) is 26.3 Å². The predicted molar refractivity (Wildman–Crippen MR) is 197 cm³/mol. The van der Waals surface area contributed by atoms with Crippen LogP contribution < -0.4 is 12.4 Å². The van der Waals surface area contributed by atoms with Crippen LogP contribution in [0.1, 0.15) is 226 Å². The van der Waals surface area contributed by atoms with Crippen LogP contribution in [0.5, 0.6) is 0 Å². The molecule has 45 heavy (non-hydrogen) atoms. The Hall–Kier alpha value is -0.280. The number of halogens is 1. The summed E-state index contributed by atoms with van der Waals surface area (Å²) >= 11 is 0. The average molecular weight is 659 g/mol. The highest BCUT2D eigenvalue weighted by molar-refractivity contribution is 5.70. The summed E-state index contributed by atoms with van der Waals surface area (Å²) in [5.74, 6) is -0.0111. The fraction of sp³-hybridized carbons (Fsp3) is 0.976. The van der Waals surface area contributed by atoms with Crippen molar-refractivity contribution in [3.63, 3.8) is 0 Å². The van der Waals surface area contributed by atoms with Crippen LogP contribution in [0.4, 0.5) is 0 Å². The molecule has 0 aromatic carbocycles. The number of unbranched alkanes of at least 4 members (excludes halogenated alkanes) is 30. The molecule has 0 rings (SSSR count). The number of quaternary nitrogens is 1. The van der Waals surface area contributed by atoms with Crippen molar-refractivity contribution >= 4 is 5.97 Å². The number of rotatable bonds is 37. The smallest absolute Gasteiger partial charge is 0.361 e. The molecule has 3 nitrogen and oxygen atoms in total. The van der Waals surface area contributed by atoms with E-state index in [9.17, 15) is 4.79 Å². The van der Waals surface area contributed by atoms with E-state index in [2.05, 4.69) is 20.9 Å². The highest BCUT2D eigenvalue weighted by Gasteiger charge is 2.25. The third-order valence-corrected chi connectivity index (χ3v) is 9.92. The molecule has 0 aromatic rings. The summed E-state index contributed by atoms with van der Waals surface area (Å²) in [6, 6.07) is 0. The highest BCUT2D eigenvalue weighted by Crippen LogP contribution is 2.17. The van der Waals surface area contributed by atoms with Gasteiger partial charge >= 0.3 is 5.97 Å². The number of carbonyl (C=O) groups is 1. The molecule has 0 aliphatic heterocycles. The van der Waals surface area contributed by atoms with Crippen LogP contribution in [-0.4, -0.2) is 43.7 Å². The van der Waals surface area contributed by atoms with Gasteiger partial charge in [-0.25, -0.2) is 4.79 Å². The van der Waals surface area contributed by atoms with Crippen LogP contribution in [0, 0.1) is 0 Å². The molecule has 0 saturated heterocycles. The van der Waals surface area contributed by atoms with E-state index in [0.29, 0.717) is 13.2 Å². The number of ether oxygens (including phenoxy) is 1. The van der Waals surface area contributed by atoms with Crippen LogP contribution in [0.3, 0.4) is 0 Å². The van der Waals surface area contributed by atoms with Gasteiger partial charge in [0, 0.05) is 0 Å². The number of esters is 1. The van der Waals surface area contributed by atoms with E-state index in [-0.39, 0.29) is 18.4 Å². The molecule has 4 heteroatoms. The first-order valence-electron chi connectivity index (χ1n) is 20.6. The molecule has 272 valence electrons. The summed E-state index contributed by atoms with van der Waals surface area (Å²) in [7, 11) is 2.30. The van der Waals surface area contributed by atoms with Gasteiger partial charge in [0.05, 0.1) is 26.7 Å². The number of hydrogen-bond acceptors (Lipinski definition) is 2. The average Bonchev–Trinajstić information content (AvgIpc) is 3.00. The molecule has 0 fully saturated rings. The zero-order valence-corrected chi connectivity index (χ0v) is 32.4. The Bertz CT molecular complexity index is 534. The van der Waals surface area contributed by atoms with Crippen LogP contribution in [0.15, 0.2) is 0 Å². The van der Waals surface area contributed by atoms with E-state index in [1.807, 2.05) is 6.92 Å². The van der Waals surface area contributed by atoms with Crippen molar-refractivity contribution in [1.82, 2.24) is 0 Å². The zero-order valence-electron chi connectivity index (χ0n) is 31.6. The van der Waals surface area contributed by atoms with Gasteiger partial charge in [-0.15, -0.1) is 0 Å². The number of nitrogens with zero attached hydrogens (tertiary/aromatic N) is 1. The maximum absolute atomic E-state index is 12.4. The summed E-state index contributed by atoms with van der Waals surface area (Å²) in [5.41, 5.74) is 0.